The molecule has 0 bridgehead atoms. The van der Waals surface area contributed by atoms with E-state index in [2.05, 4.69) is 20.1 Å². The number of aromatic amines is 1. The zero-order valence-electron chi connectivity index (χ0n) is 22.1. The lowest BCUT2D eigenvalue weighted by Crippen LogP contribution is -2.28. The van der Waals surface area contributed by atoms with Crippen molar-refractivity contribution in [2.45, 2.75) is 20.1 Å². The van der Waals surface area contributed by atoms with E-state index in [0.29, 0.717) is 17.0 Å². The van der Waals surface area contributed by atoms with Gasteiger partial charge >= 0.3 is 11.6 Å². The molecule has 0 atom stereocenters. The van der Waals surface area contributed by atoms with Gasteiger partial charge in [-0.15, -0.1) is 9.50 Å². The molecule has 0 aliphatic carbocycles. The lowest BCUT2D eigenvalue weighted by Gasteiger charge is -2.10. The second kappa shape index (κ2) is 8.15. The first kappa shape index (κ1) is 15.7. The summed E-state index contributed by atoms with van der Waals surface area (Å²) in [6.07, 6.45) is 1.24. The highest BCUT2D eigenvalue weighted by molar-refractivity contribution is 6.29. The monoisotopic (exact) mass is 469 g/mol. The van der Waals surface area contributed by atoms with Gasteiger partial charge in [0, 0.05) is 5.56 Å². The van der Waals surface area contributed by atoms with Crippen molar-refractivity contribution in [2.75, 3.05) is 5.73 Å². The van der Waals surface area contributed by atoms with Crippen LogP contribution >= 0.6 is 11.6 Å². The summed E-state index contributed by atoms with van der Waals surface area (Å²) in [4.78, 5) is 24.3. The number of hydrogen-bond donors (Lipinski definition) is 2. The molecule has 0 radical (unpaired) electrons. The molecule has 4 heterocycles. The molecular formula is C22H19ClN7O3+. The summed E-state index contributed by atoms with van der Waals surface area (Å²) in [5.41, 5.74) is 6.49. The van der Waals surface area contributed by atoms with E-state index >= 15 is 0 Å². The first-order valence-electron chi connectivity index (χ1n) is 12.1. The van der Waals surface area contributed by atoms with E-state index in [9.17, 15) is 9.90 Å². The highest BCUT2D eigenvalue weighted by atomic mass is 35.5. The van der Waals surface area contributed by atoms with Gasteiger partial charge in [0.1, 0.15) is 22.3 Å². The molecule has 1 aromatic carbocycles. The zero-order chi connectivity index (χ0) is 27.5. The first-order chi connectivity index (χ1) is 18.0. The number of hydrogen-bond acceptors (Lipinski definition) is 7. The summed E-state index contributed by atoms with van der Waals surface area (Å²) in [6, 6.07) is 0.218. The van der Waals surface area contributed by atoms with Gasteiger partial charge in [0.05, 0.1) is 31.3 Å². The van der Waals surface area contributed by atoms with Gasteiger partial charge in [-0.05, 0) is 24.6 Å². The van der Waals surface area contributed by atoms with Crippen LogP contribution in [-0.2, 0) is 13.2 Å². The number of aliphatic hydroxyl groups excluding tert-OH is 1. The van der Waals surface area contributed by atoms with E-state index < -0.39 is 42.5 Å². The number of aromatic nitrogens is 6. The van der Waals surface area contributed by atoms with Gasteiger partial charge in [-0.25, -0.2) is 19.7 Å². The van der Waals surface area contributed by atoms with Crippen LogP contribution in [0.1, 0.15) is 24.0 Å². The van der Waals surface area contributed by atoms with E-state index in [1.165, 1.54) is 18.5 Å². The number of pyridine rings is 1. The molecule has 5 aromatic rings. The molecule has 0 unspecified atom stereocenters. The van der Waals surface area contributed by atoms with Crippen molar-refractivity contribution in [3.05, 3.63) is 81.5 Å². The highest BCUT2D eigenvalue weighted by Crippen LogP contribution is 2.33. The first-order valence-corrected chi connectivity index (χ1v) is 9.99. The molecule has 33 heavy (non-hydrogen) atoms. The van der Waals surface area contributed by atoms with Crippen molar-refractivity contribution in [1.82, 2.24) is 24.1 Å². The predicted octanol–water partition coefficient (Wildman–Crippen LogP) is 2.11. The Balaban J connectivity index is 1.93. The van der Waals surface area contributed by atoms with Crippen LogP contribution in [0.2, 0.25) is 5.15 Å². The molecule has 4 aromatic heterocycles. The van der Waals surface area contributed by atoms with Crippen LogP contribution in [0.25, 0.3) is 28.0 Å². The Hall–Kier alpha value is -4.02. The summed E-state index contributed by atoms with van der Waals surface area (Å²) < 4.78 is 48.6. The number of oxazole rings is 1. The smallest absolute Gasteiger partial charge is 0.411 e. The van der Waals surface area contributed by atoms with Crippen LogP contribution in [0.3, 0.4) is 0 Å². The summed E-state index contributed by atoms with van der Waals surface area (Å²) in [5.74, 6) is 0.281. The number of halogens is 1. The molecule has 10 nitrogen and oxygen atoms in total. The van der Waals surface area contributed by atoms with E-state index in [4.69, 9.17) is 28.6 Å². The Morgan fingerprint density at radius 2 is 2.06 bits per heavy atom. The van der Waals surface area contributed by atoms with Crippen molar-refractivity contribution in [3.63, 3.8) is 0 Å². The SMILES string of the molecule is [2H]c1c([2H])c([2H])c(-c2[nH+]c(N)n3c(=O)n(Cc4ncoc4C)nc3c2-c2cc(Cl)nc(CO)c2)c([2H])c1[2H]. The molecule has 166 valence electrons. The standard InChI is InChI=1S/C22H18ClN7O3/c1-12-16(25-11-33-12)9-29-22(32)30-20(28-29)18(14-7-15(10-31)26-17(23)8-14)19(27-21(30)24)13-5-3-2-4-6-13/h2-8,11,31H,9-10H2,1H3,(H2,24,27)/p+1/i2D,3D,4D,5D,6D. The second-order valence-corrected chi connectivity index (χ2v) is 7.43. The van der Waals surface area contributed by atoms with Gasteiger partial charge in [-0.2, -0.15) is 4.68 Å². The van der Waals surface area contributed by atoms with Crippen molar-refractivity contribution < 1.29 is 21.4 Å². The number of nitrogens with zero attached hydrogens (tertiary/aromatic N) is 5. The average molecular weight is 470 g/mol. The Bertz CT molecular complexity index is 1790. The summed E-state index contributed by atoms with van der Waals surface area (Å²) in [5, 5.41) is 14.2. The number of nitrogen functional groups attached to an aromatic ring is 1. The number of aryl methyl sites for hydroxylation is 1. The van der Waals surface area contributed by atoms with Gasteiger partial charge in [0.15, 0.2) is 6.39 Å². The Morgan fingerprint density at radius 3 is 2.76 bits per heavy atom. The van der Waals surface area contributed by atoms with Crippen molar-refractivity contribution >= 4 is 23.2 Å². The number of H-pyrrole nitrogens is 1. The average Bonchev–Trinajstić information content (AvgIpc) is 3.44. The van der Waals surface area contributed by atoms with E-state index in [0.717, 1.165) is 9.08 Å². The topological polar surface area (TPSA) is 139 Å². The van der Waals surface area contributed by atoms with E-state index in [1.807, 2.05) is 0 Å². The minimum absolute atomic E-state index is 0.000339. The van der Waals surface area contributed by atoms with E-state index in [1.54, 1.807) is 6.92 Å². The van der Waals surface area contributed by atoms with E-state index in [-0.39, 0.29) is 45.8 Å². The van der Waals surface area contributed by atoms with Crippen molar-refractivity contribution in [1.29, 1.82) is 0 Å². The van der Waals surface area contributed by atoms with Crippen LogP contribution in [0.4, 0.5) is 5.95 Å². The minimum atomic E-state index is -0.632. The number of nitrogens with two attached hydrogens (primary N) is 1. The summed E-state index contributed by atoms with van der Waals surface area (Å²) >= 11 is 6.21. The molecule has 4 N–H and O–H groups in total. The maximum absolute atomic E-state index is 13.4. The molecular weight excluding hydrogens is 446 g/mol. The zero-order valence-corrected chi connectivity index (χ0v) is 17.9. The summed E-state index contributed by atoms with van der Waals surface area (Å²) in [6.45, 7) is 1.17. The van der Waals surface area contributed by atoms with Crippen LogP contribution < -0.4 is 16.4 Å². The summed E-state index contributed by atoms with van der Waals surface area (Å²) in [7, 11) is 0. The number of nitrogens with one attached hydrogen (secondary N) is 1. The third kappa shape index (κ3) is 3.65. The van der Waals surface area contributed by atoms with Gasteiger partial charge in [-0.1, -0.05) is 41.8 Å². The molecule has 0 aliphatic heterocycles. The molecule has 0 aliphatic rings. The Kier molecular flexibility index (Phi) is 3.89. The molecule has 0 amide bonds. The molecule has 0 spiro atoms. The van der Waals surface area contributed by atoms with Crippen molar-refractivity contribution in [3.8, 4) is 22.4 Å². The fourth-order valence-corrected chi connectivity index (χ4v) is 3.71. The van der Waals surface area contributed by atoms with Crippen LogP contribution in [-0.4, -0.2) is 29.3 Å². The molecule has 11 heteroatoms. The third-order valence-electron chi connectivity index (χ3n) is 5.00. The molecule has 0 saturated carbocycles. The number of benzene rings is 1. The highest BCUT2D eigenvalue weighted by Gasteiger charge is 2.26. The normalized spacial score (nSPS) is 13.5. The van der Waals surface area contributed by atoms with Gasteiger partial charge in [-0.3, -0.25) is 5.73 Å². The fourth-order valence-electron chi connectivity index (χ4n) is 3.48. The Morgan fingerprint density at radius 1 is 1.27 bits per heavy atom. The lowest BCUT2D eigenvalue weighted by atomic mass is 10.00. The van der Waals surface area contributed by atoms with Crippen LogP contribution in [0, 0.1) is 6.92 Å². The second-order valence-electron chi connectivity index (χ2n) is 7.04. The maximum Gasteiger partial charge on any atom is 0.411 e. The molecule has 0 saturated heterocycles. The lowest BCUT2D eigenvalue weighted by molar-refractivity contribution is -0.351. The number of fused-ring (bicyclic) bond motifs is 1. The maximum atomic E-state index is 13.4. The van der Waals surface area contributed by atoms with Crippen LogP contribution in [0.15, 0.2) is 58.0 Å². The minimum Gasteiger partial charge on any atom is -0.448 e. The number of aliphatic hydroxyl groups is 1. The van der Waals surface area contributed by atoms with Gasteiger partial charge in [0.25, 0.3) is 0 Å². The largest absolute Gasteiger partial charge is 0.448 e. The third-order valence-corrected chi connectivity index (χ3v) is 5.19. The van der Waals surface area contributed by atoms with Gasteiger partial charge < -0.3 is 9.52 Å². The number of rotatable bonds is 5. The quantitative estimate of drug-likeness (QED) is 0.376. The fraction of sp³-hybridized carbons (Fsp3) is 0.136. The van der Waals surface area contributed by atoms with Crippen LogP contribution in [0.5, 0.6) is 0 Å². The molecule has 5 rings (SSSR count). The predicted molar refractivity (Wildman–Crippen MR) is 120 cm³/mol. The molecule has 0 fully saturated rings. The van der Waals surface area contributed by atoms with Gasteiger partial charge in [0.2, 0.25) is 5.65 Å². The van der Waals surface area contributed by atoms with Crippen molar-refractivity contribution in [2.24, 2.45) is 0 Å². The number of anilines is 1. The Labute approximate surface area is 199 Å².